The van der Waals surface area contributed by atoms with Gasteiger partial charge in [0.2, 0.25) is 18.1 Å². The molecule has 5 nitrogen and oxygen atoms in total. The highest BCUT2D eigenvalue weighted by atomic mass is 16.5. The molecule has 0 aliphatic heterocycles. The number of nitrogens with one attached hydrogen (secondary N) is 1. The molecule has 2 aromatic carbocycles. The van der Waals surface area contributed by atoms with Gasteiger partial charge >= 0.3 is 0 Å². The van der Waals surface area contributed by atoms with Crippen molar-refractivity contribution in [2.45, 2.75) is 19.4 Å². The van der Waals surface area contributed by atoms with E-state index < -0.39 is 0 Å². The van der Waals surface area contributed by atoms with E-state index in [1.54, 1.807) is 10.9 Å². The summed E-state index contributed by atoms with van der Waals surface area (Å²) >= 11 is 0. The molecule has 122 valence electrons. The molecule has 3 aromatic rings. The number of carbonyl (C=O) groups excluding carboxylic acids is 1. The summed E-state index contributed by atoms with van der Waals surface area (Å²) in [4.78, 5) is 11.2. The number of nitrogens with zero attached hydrogens (tertiary/aromatic N) is 2. The van der Waals surface area contributed by atoms with Crippen LogP contribution < -0.4 is 10.00 Å². The Hall–Kier alpha value is -2.95. The molecule has 5 heteroatoms. The van der Waals surface area contributed by atoms with Gasteiger partial charge in [-0.15, -0.1) is 0 Å². The van der Waals surface area contributed by atoms with Gasteiger partial charge in [0.15, 0.2) is 11.5 Å². The summed E-state index contributed by atoms with van der Waals surface area (Å²) in [7, 11) is 0. The van der Waals surface area contributed by atoms with E-state index in [2.05, 4.69) is 47.0 Å². The van der Waals surface area contributed by atoms with Gasteiger partial charge in [-0.1, -0.05) is 54.6 Å². The first-order valence-corrected chi connectivity index (χ1v) is 7.93. The molecule has 3 rings (SSSR count). The van der Waals surface area contributed by atoms with Gasteiger partial charge < -0.3 is 9.84 Å². The second-order valence-electron chi connectivity index (χ2n) is 5.71. The van der Waals surface area contributed by atoms with Crippen molar-refractivity contribution in [3.8, 4) is 11.1 Å². The van der Waals surface area contributed by atoms with Gasteiger partial charge in [-0.2, -0.15) is 0 Å². The van der Waals surface area contributed by atoms with Gasteiger partial charge in [0.1, 0.15) is 0 Å². The van der Waals surface area contributed by atoms with Crippen molar-refractivity contribution < 1.29 is 14.0 Å². The Morgan fingerprint density at radius 3 is 2.46 bits per heavy atom. The molecule has 0 saturated carbocycles. The zero-order valence-electron chi connectivity index (χ0n) is 13.6. The van der Waals surface area contributed by atoms with Gasteiger partial charge in [-0.05, 0) is 21.4 Å². The first-order valence-electron chi connectivity index (χ1n) is 7.93. The summed E-state index contributed by atoms with van der Waals surface area (Å²) in [5.74, 6) is -0.0523. The lowest BCUT2D eigenvalue weighted by Gasteiger charge is -2.10. The molecule has 0 bridgehead atoms. The third-order valence-corrected chi connectivity index (χ3v) is 3.91. The molecule has 0 spiro atoms. The lowest BCUT2D eigenvalue weighted by Crippen LogP contribution is -2.47. The SMILES string of the molecule is CC(=O)NCC(Cc1ccc(-c2ccccc2)cc1)[n+]1ccon1. The van der Waals surface area contributed by atoms with Crippen molar-refractivity contribution in [2.75, 3.05) is 6.54 Å². The quantitative estimate of drug-likeness (QED) is 0.710. The van der Waals surface area contributed by atoms with Crippen LogP contribution in [0.2, 0.25) is 0 Å². The van der Waals surface area contributed by atoms with E-state index in [4.69, 9.17) is 4.52 Å². The van der Waals surface area contributed by atoms with Crippen molar-refractivity contribution in [2.24, 2.45) is 0 Å². The van der Waals surface area contributed by atoms with E-state index in [0.29, 0.717) is 6.54 Å². The molecule has 1 aromatic heterocycles. The van der Waals surface area contributed by atoms with Gasteiger partial charge in [0.05, 0.1) is 6.54 Å². The molecule has 1 N–H and O–H groups in total. The summed E-state index contributed by atoms with van der Waals surface area (Å²) in [6, 6.07) is 18.8. The van der Waals surface area contributed by atoms with E-state index in [-0.39, 0.29) is 11.9 Å². The summed E-state index contributed by atoms with van der Waals surface area (Å²) in [6.07, 6.45) is 4.05. The number of amides is 1. The maximum atomic E-state index is 11.2. The fourth-order valence-electron chi connectivity index (χ4n) is 2.64. The molecule has 0 aliphatic carbocycles. The van der Waals surface area contributed by atoms with Crippen LogP contribution in [0.4, 0.5) is 0 Å². The minimum Gasteiger partial charge on any atom is -0.350 e. The topological polar surface area (TPSA) is 59.0 Å². The van der Waals surface area contributed by atoms with Gasteiger partial charge in [-0.3, -0.25) is 4.79 Å². The van der Waals surface area contributed by atoms with Crippen LogP contribution in [-0.4, -0.2) is 17.7 Å². The third kappa shape index (κ3) is 4.07. The van der Waals surface area contributed by atoms with Crippen LogP contribution in [0, 0.1) is 0 Å². The van der Waals surface area contributed by atoms with E-state index in [0.717, 1.165) is 6.42 Å². The average Bonchev–Trinajstić information content (AvgIpc) is 3.14. The molecule has 24 heavy (non-hydrogen) atoms. The summed E-state index contributed by atoms with van der Waals surface area (Å²) < 4.78 is 6.65. The fraction of sp³-hybridized carbons (Fsp3) is 0.211. The maximum Gasteiger partial charge on any atom is 0.237 e. The first-order chi connectivity index (χ1) is 11.7. The number of benzene rings is 2. The van der Waals surface area contributed by atoms with Crippen molar-refractivity contribution in [3.05, 3.63) is 72.6 Å². The Balaban J connectivity index is 1.73. The first kappa shape index (κ1) is 15.9. The van der Waals surface area contributed by atoms with Crippen LogP contribution in [0.25, 0.3) is 11.1 Å². The van der Waals surface area contributed by atoms with E-state index in [1.165, 1.54) is 29.9 Å². The molecular formula is C19H20N3O2+. The van der Waals surface area contributed by atoms with Crippen molar-refractivity contribution in [1.82, 2.24) is 10.6 Å². The Bertz CT molecular complexity index is 768. The highest BCUT2D eigenvalue weighted by Gasteiger charge is 2.23. The van der Waals surface area contributed by atoms with Gasteiger partial charge in [-0.25, -0.2) is 0 Å². The molecule has 1 heterocycles. The predicted molar refractivity (Wildman–Crippen MR) is 90.0 cm³/mol. The lowest BCUT2D eigenvalue weighted by molar-refractivity contribution is -0.783. The van der Waals surface area contributed by atoms with Crippen LogP contribution in [0.3, 0.4) is 0 Å². The number of hydrogen-bond donors (Lipinski definition) is 1. The Kier molecular flexibility index (Phi) is 5.01. The van der Waals surface area contributed by atoms with Gasteiger partial charge in [0.25, 0.3) is 0 Å². The minimum atomic E-state index is -0.0523. The molecular weight excluding hydrogens is 302 g/mol. The molecule has 1 atom stereocenters. The summed E-state index contributed by atoms with van der Waals surface area (Å²) in [5.41, 5.74) is 3.57. The number of carbonyl (C=O) groups is 1. The maximum absolute atomic E-state index is 11.2. The zero-order valence-corrected chi connectivity index (χ0v) is 13.6. The Morgan fingerprint density at radius 2 is 1.83 bits per heavy atom. The normalized spacial score (nSPS) is 11.9. The largest absolute Gasteiger partial charge is 0.350 e. The number of hydrogen-bond acceptors (Lipinski definition) is 3. The molecule has 1 unspecified atom stereocenters. The molecule has 0 radical (unpaired) electrons. The molecule has 0 fully saturated rings. The number of aromatic nitrogens is 2. The number of rotatable bonds is 6. The van der Waals surface area contributed by atoms with Crippen molar-refractivity contribution >= 4 is 5.91 Å². The monoisotopic (exact) mass is 322 g/mol. The second-order valence-corrected chi connectivity index (χ2v) is 5.71. The smallest absolute Gasteiger partial charge is 0.237 e. The zero-order chi connectivity index (χ0) is 16.8. The van der Waals surface area contributed by atoms with E-state index in [1.807, 2.05) is 18.2 Å². The standard InChI is InChI=1S/C19H19N3O2/c1-15(23)20-14-19(22-11-12-24-21-22)13-16-7-9-18(10-8-16)17-5-3-2-4-6-17/h2-12,19H,13-14H2,1H3/p+1. The van der Waals surface area contributed by atoms with E-state index in [9.17, 15) is 4.79 Å². The lowest BCUT2D eigenvalue weighted by atomic mass is 10.0. The van der Waals surface area contributed by atoms with E-state index >= 15 is 0 Å². The highest BCUT2D eigenvalue weighted by molar-refractivity contribution is 5.72. The second kappa shape index (κ2) is 7.55. The summed E-state index contributed by atoms with van der Waals surface area (Å²) in [5, 5.41) is 6.80. The van der Waals surface area contributed by atoms with Crippen LogP contribution in [0.15, 0.2) is 71.6 Å². The Labute approximate surface area is 140 Å². The third-order valence-electron chi connectivity index (χ3n) is 3.91. The minimum absolute atomic E-state index is 0.00947. The molecule has 0 aliphatic rings. The van der Waals surface area contributed by atoms with Crippen molar-refractivity contribution in [1.29, 1.82) is 0 Å². The average molecular weight is 322 g/mol. The molecule has 0 saturated heterocycles. The van der Waals surface area contributed by atoms with Crippen LogP contribution >= 0.6 is 0 Å². The van der Waals surface area contributed by atoms with Crippen molar-refractivity contribution in [3.63, 3.8) is 0 Å². The highest BCUT2D eigenvalue weighted by Crippen LogP contribution is 2.20. The fourth-order valence-corrected chi connectivity index (χ4v) is 2.64. The Morgan fingerprint density at radius 1 is 1.12 bits per heavy atom. The van der Waals surface area contributed by atoms with Crippen LogP contribution in [0.1, 0.15) is 18.5 Å². The molecule has 1 amide bonds. The summed E-state index contributed by atoms with van der Waals surface area (Å²) in [6.45, 7) is 2.02. The van der Waals surface area contributed by atoms with Crippen LogP contribution in [0.5, 0.6) is 0 Å². The van der Waals surface area contributed by atoms with Crippen LogP contribution in [-0.2, 0) is 11.2 Å². The predicted octanol–water partition coefficient (Wildman–Crippen LogP) is 2.55. The van der Waals surface area contributed by atoms with Gasteiger partial charge in [0, 0.05) is 13.3 Å².